The van der Waals surface area contributed by atoms with Crippen molar-refractivity contribution in [2.75, 3.05) is 5.32 Å². The summed E-state index contributed by atoms with van der Waals surface area (Å²) in [5.41, 5.74) is 0.186. The van der Waals surface area contributed by atoms with Crippen molar-refractivity contribution in [2.45, 2.75) is 6.92 Å². The lowest BCUT2D eigenvalue weighted by Gasteiger charge is -2.08. The normalized spacial score (nSPS) is 10.3. The van der Waals surface area contributed by atoms with Crippen molar-refractivity contribution in [1.82, 2.24) is 0 Å². The zero-order chi connectivity index (χ0) is 14.0. The van der Waals surface area contributed by atoms with Gasteiger partial charge in [0.15, 0.2) is 0 Å². The predicted molar refractivity (Wildman–Crippen MR) is 65.4 cm³/mol. The topological polar surface area (TPSA) is 29.1 Å². The first kappa shape index (κ1) is 13.1. The van der Waals surface area contributed by atoms with Gasteiger partial charge >= 0.3 is 0 Å². The summed E-state index contributed by atoms with van der Waals surface area (Å²) in [7, 11) is 0. The molecule has 0 aliphatic carbocycles. The SMILES string of the molecule is Cc1ccc(F)c(NC(=O)c2cc(F)ccc2F)c1. The Morgan fingerprint density at radius 3 is 2.42 bits per heavy atom. The van der Waals surface area contributed by atoms with E-state index in [-0.39, 0.29) is 5.69 Å². The standard InChI is InChI=1S/C14H10F3NO/c1-8-2-4-12(17)13(6-8)18-14(19)10-7-9(15)3-5-11(10)16/h2-7H,1H3,(H,18,19). The van der Waals surface area contributed by atoms with E-state index < -0.39 is 28.9 Å². The van der Waals surface area contributed by atoms with Gasteiger partial charge in [0.2, 0.25) is 0 Å². The molecule has 19 heavy (non-hydrogen) atoms. The summed E-state index contributed by atoms with van der Waals surface area (Å²) in [4.78, 5) is 11.8. The van der Waals surface area contributed by atoms with E-state index in [1.807, 2.05) is 0 Å². The van der Waals surface area contributed by atoms with Crippen molar-refractivity contribution < 1.29 is 18.0 Å². The second-order valence-electron chi connectivity index (χ2n) is 4.06. The number of aryl methyl sites for hydroxylation is 1. The molecule has 2 aromatic carbocycles. The van der Waals surface area contributed by atoms with Crippen LogP contribution in [-0.2, 0) is 0 Å². The molecule has 2 nitrogen and oxygen atoms in total. The molecular weight excluding hydrogens is 255 g/mol. The van der Waals surface area contributed by atoms with Crippen LogP contribution in [0.25, 0.3) is 0 Å². The van der Waals surface area contributed by atoms with Crippen LogP contribution in [0.3, 0.4) is 0 Å². The van der Waals surface area contributed by atoms with Crippen molar-refractivity contribution in [1.29, 1.82) is 0 Å². The highest BCUT2D eigenvalue weighted by molar-refractivity contribution is 6.04. The van der Waals surface area contributed by atoms with E-state index in [4.69, 9.17) is 0 Å². The fourth-order valence-corrected chi connectivity index (χ4v) is 1.60. The van der Waals surface area contributed by atoms with Gasteiger partial charge in [-0.2, -0.15) is 0 Å². The molecule has 2 rings (SSSR count). The van der Waals surface area contributed by atoms with Crippen molar-refractivity contribution in [3.05, 3.63) is 65.0 Å². The summed E-state index contributed by atoms with van der Waals surface area (Å²) in [5, 5.41) is 2.21. The number of rotatable bonds is 2. The summed E-state index contributed by atoms with van der Waals surface area (Å²) in [6.07, 6.45) is 0. The third kappa shape index (κ3) is 2.93. The predicted octanol–water partition coefficient (Wildman–Crippen LogP) is 3.66. The summed E-state index contributed by atoms with van der Waals surface area (Å²) >= 11 is 0. The molecule has 0 aliphatic rings. The van der Waals surface area contributed by atoms with Crippen molar-refractivity contribution in [2.24, 2.45) is 0 Å². The summed E-state index contributed by atoms with van der Waals surface area (Å²) in [5.74, 6) is -3.15. The smallest absolute Gasteiger partial charge is 0.258 e. The largest absolute Gasteiger partial charge is 0.319 e. The van der Waals surface area contributed by atoms with Gasteiger partial charge in [-0.3, -0.25) is 4.79 Å². The van der Waals surface area contributed by atoms with Gasteiger partial charge < -0.3 is 5.32 Å². The molecule has 0 aliphatic heterocycles. The van der Waals surface area contributed by atoms with Crippen LogP contribution in [-0.4, -0.2) is 5.91 Å². The van der Waals surface area contributed by atoms with Crippen LogP contribution >= 0.6 is 0 Å². The average Bonchev–Trinajstić information content (AvgIpc) is 2.36. The third-order valence-electron chi connectivity index (χ3n) is 2.54. The van der Waals surface area contributed by atoms with E-state index in [0.717, 1.165) is 23.8 Å². The number of hydrogen-bond donors (Lipinski definition) is 1. The zero-order valence-corrected chi connectivity index (χ0v) is 10.0. The maximum Gasteiger partial charge on any atom is 0.258 e. The highest BCUT2D eigenvalue weighted by Gasteiger charge is 2.14. The van der Waals surface area contributed by atoms with Crippen molar-refractivity contribution >= 4 is 11.6 Å². The van der Waals surface area contributed by atoms with Crippen LogP contribution in [0.15, 0.2) is 36.4 Å². The number of hydrogen-bond acceptors (Lipinski definition) is 1. The Hall–Kier alpha value is -2.30. The van der Waals surface area contributed by atoms with Gasteiger partial charge in [-0.1, -0.05) is 6.07 Å². The molecule has 0 unspecified atom stereocenters. The van der Waals surface area contributed by atoms with E-state index in [0.29, 0.717) is 0 Å². The Bertz CT molecular complexity index is 641. The van der Waals surface area contributed by atoms with Gasteiger partial charge in [-0.15, -0.1) is 0 Å². The number of nitrogens with one attached hydrogen (secondary N) is 1. The lowest BCUT2D eigenvalue weighted by atomic mass is 10.1. The molecule has 1 N–H and O–H groups in total. The summed E-state index contributed by atoms with van der Waals surface area (Å²) in [6, 6.07) is 6.64. The second kappa shape index (κ2) is 5.14. The van der Waals surface area contributed by atoms with E-state index in [1.54, 1.807) is 6.92 Å². The fraction of sp³-hybridized carbons (Fsp3) is 0.0714. The molecule has 0 saturated carbocycles. The van der Waals surface area contributed by atoms with Gasteiger partial charge in [-0.05, 0) is 42.8 Å². The molecule has 0 aromatic heterocycles. The third-order valence-corrected chi connectivity index (χ3v) is 2.54. The molecule has 0 radical (unpaired) electrons. The van der Waals surface area contributed by atoms with Gasteiger partial charge in [-0.25, -0.2) is 13.2 Å². The maximum atomic E-state index is 13.4. The summed E-state index contributed by atoms with van der Waals surface area (Å²) in [6.45, 7) is 1.72. The number of benzene rings is 2. The fourth-order valence-electron chi connectivity index (χ4n) is 1.60. The first-order chi connectivity index (χ1) is 8.97. The lowest BCUT2D eigenvalue weighted by molar-refractivity contribution is 0.102. The Kier molecular flexibility index (Phi) is 3.55. The molecule has 98 valence electrons. The minimum atomic E-state index is -0.901. The van der Waals surface area contributed by atoms with Crippen molar-refractivity contribution in [3.63, 3.8) is 0 Å². The van der Waals surface area contributed by atoms with Gasteiger partial charge in [0, 0.05) is 0 Å². The minimum Gasteiger partial charge on any atom is -0.319 e. The lowest BCUT2D eigenvalue weighted by Crippen LogP contribution is -2.15. The van der Waals surface area contributed by atoms with Crippen molar-refractivity contribution in [3.8, 4) is 0 Å². The molecule has 0 saturated heterocycles. The van der Waals surface area contributed by atoms with E-state index in [9.17, 15) is 18.0 Å². The number of halogens is 3. The van der Waals surface area contributed by atoms with Crippen LogP contribution in [0.4, 0.5) is 18.9 Å². The Labute approximate surface area is 107 Å². The minimum absolute atomic E-state index is 0.0753. The van der Waals surface area contributed by atoms with Crippen LogP contribution in [0.2, 0.25) is 0 Å². The highest BCUT2D eigenvalue weighted by atomic mass is 19.1. The second-order valence-corrected chi connectivity index (χ2v) is 4.06. The van der Waals surface area contributed by atoms with E-state index in [1.165, 1.54) is 18.2 Å². The molecule has 1 amide bonds. The van der Waals surface area contributed by atoms with Gasteiger partial charge in [0.05, 0.1) is 11.3 Å². The van der Waals surface area contributed by atoms with Crippen LogP contribution in [0, 0.1) is 24.4 Å². The molecule has 0 bridgehead atoms. The average molecular weight is 265 g/mol. The molecule has 0 heterocycles. The number of amides is 1. The Morgan fingerprint density at radius 2 is 1.68 bits per heavy atom. The molecule has 2 aromatic rings. The molecule has 0 spiro atoms. The number of anilines is 1. The van der Waals surface area contributed by atoms with E-state index in [2.05, 4.69) is 5.32 Å². The quantitative estimate of drug-likeness (QED) is 0.882. The first-order valence-electron chi connectivity index (χ1n) is 5.50. The molecule has 0 fully saturated rings. The maximum absolute atomic E-state index is 13.4. The monoisotopic (exact) mass is 265 g/mol. The zero-order valence-electron chi connectivity index (χ0n) is 10.0. The Balaban J connectivity index is 2.30. The van der Waals surface area contributed by atoms with Crippen LogP contribution in [0.5, 0.6) is 0 Å². The highest BCUT2D eigenvalue weighted by Crippen LogP contribution is 2.18. The number of carbonyl (C=O) groups is 1. The van der Waals surface area contributed by atoms with Crippen LogP contribution in [0.1, 0.15) is 15.9 Å². The number of carbonyl (C=O) groups excluding carboxylic acids is 1. The molecular formula is C14H10F3NO. The first-order valence-corrected chi connectivity index (χ1v) is 5.50. The summed E-state index contributed by atoms with van der Waals surface area (Å²) < 4.78 is 39.8. The Morgan fingerprint density at radius 1 is 1.00 bits per heavy atom. The molecule has 5 heteroatoms. The van der Waals surface area contributed by atoms with Gasteiger partial charge in [0.1, 0.15) is 17.5 Å². The molecule has 0 atom stereocenters. The van der Waals surface area contributed by atoms with Crippen LogP contribution < -0.4 is 5.32 Å². The van der Waals surface area contributed by atoms with E-state index >= 15 is 0 Å². The van der Waals surface area contributed by atoms with Gasteiger partial charge in [0.25, 0.3) is 5.91 Å².